The van der Waals surface area contributed by atoms with Crippen LogP contribution in [0.25, 0.3) is 22.5 Å². The molecule has 0 unspecified atom stereocenters. The average Bonchev–Trinajstić information content (AvgIpc) is 3.51. The molecule has 1 saturated carbocycles. The Hall–Kier alpha value is -3.52. The standard InChI is InChI=1S/C29H29F2N5O/c1-17(16-37)14-36-15-18(13-32-36)23-8-5-9-25(33-23)29-11-10-20(28(29,2)3)19-12-24(34-35-27(19)29)26-21(30)6-4-7-22(26)31/h4-9,12-13,15,17,20,37H,10-11,14,16H2,1-3H3/t17-,20+,29+/m1/s1. The number of halogens is 2. The van der Waals surface area contributed by atoms with E-state index in [0.29, 0.717) is 6.54 Å². The predicted octanol–water partition coefficient (Wildman–Crippen LogP) is 5.51. The van der Waals surface area contributed by atoms with E-state index in [2.05, 4.69) is 29.1 Å². The molecule has 0 spiro atoms. The van der Waals surface area contributed by atoms with E-state index in [4.69, 9.17) is 4.98 Å². The van der Waals surface area contributed by atoms with Crippen LogP contribution in [0.1, 0.15) is 56.5 Å². The molecule has 3 heterocycles. The summed E-state index contributed by atoms with van der Waals surface area (Å²) in [5.41, 5.74) is 3.93. The molecule has 190 valence electrons. The Labute approximate surface area is 214 Å². The smallest absolute Gasteiger partial charge is 0.135 e. The molecule has 0 saturated heterocycles. The van der Waals surface area contributed by atoms with Gasteiger partial charge in [-0.25, -0.2) is 8.78 Å². The number of rotatable bonds is 6. The maximum Gasteiger partial charge on any atom is 0.135 e. The predicted molar refractivity (Wildman–Crippen MR) is 136 cm³/mol. The Morgan fingerprint density at radius 1 is 1.08 bits per heavy atom. The van der Waals surface area contributed by atoms with Crippen molar-refractivity contribution < 1.29 is 13.9 Å². The van der Waals surface area contributed by atoms with Crippen LogP contribution < -0.4 is 0 Å². The zero-order valence-corrected chi connectivity index (χ0v) is 21.1. The second-order valence-electron chi connectivity index (χ2n) is 11.0. The lowest BCUT2D eigenvalue weighted by Crippen LogP contribution is -2.37. The Morgan fingerprint density at radius 3 is 2.59 bits per heavy atom. The van der Waals surface area contributed by atoms with E-state index in [1.54, 1.807) is 6.20 Å². The average molecular weight is 502 g/mol. The topological polar surface area (TPSA) is 76.7 Å². The van der Waals surface area contributed by atoms with E-state index >= 15 is 0 Å². The number of fused-ring (bicyclic) bond motifs is 5. The highest BCUT2D eigenvalue weighted by Gasteiger charge is 2.65. The Bertz CT molecular complexity index is 1480. The largest absolute Gasteiger partial charge is 0.396 e. The molecule has 2 aliphatic rings. The van der Waals surface area contributed by atoms with Gasteiger partial charge in [-0.1, -0.05) is 32.9 Å². The van der Waals surface area contributed by atoms with Crippen molar-refractivity contribution in [3.05, 3.63) is 83.4 Å². The number of hydrogen-bond donors (Lipinski definition) is 1. The fourth-order valence-electron chi connectivity index (χ4n) is 6.56. The SMILES string of the molecule is C[C@@H](CO)Cn1cc(-c2cccc([C@@]34CC[C@@H](c5cc(-c6c(F)cccc6F)nnc53)C4(C)C)n2)cn1. The summed E-state index contributed by atoms with van der Waals surface area (Å²) >= 11 is 0. The molecule has 1 aromatic carbocycles. The molecule has 6 nitrogen and oxygen atoms in total. The summed E-state index contributed by atoms with van der Waals surface area (Å²) in [4.78, 5) is 5.12. The highest BCUT2D eigenvalue weighted by atomic mass is 19.1. The van der Waals surface area contributed by atoms with Gasteiger partial charge >= 0.3 is 0 Å². The van der Waals surface area contributed by atoms with Crippen LogP contribution in [-0.2, 0) is 12.0 Å². The van der Waals surface area contributed by atoms with Crippen LogP contribution in [0.3, 0.4) is 0 Å². The number of benzene rings is 1. The van der Waals surface area contributed by atoms with Crippen LogP contribution in [0, 0.1) is 23.0 Å². The molecule has 2 aliphatic carbocycles. The Balaban J connectivity index is 1.43. The molecular formula is C29H29F2N5O. The minimum absolute atomic E-state index is 0.105. The minimum Gasteiger partial charge on any atom is -0.396 e. The lowest BCUT2D eigenvalue weighted by atomic mass is 9.66. The van der Waals surface area contributed by atoms with Crippen molar-refractivity contribution in [3.63, 3.8) is 0 Å². The van der Waals surface area contributed by atoms with Gasteiger partial charge in [0.1, 0.15) is 11.6 Å². The number of pyridine rings is 1. The molecule has 3 atom stereocenters. The highest BCUT2D eigenvalue weighted by molar-refractivity contribution is 5.65. The van der Waals surface area contributed by atoms with E-state index in [1.807, 2.05) is 42.1 Å². The lowest BCUT2D eigenvalue weighted by Gasteiger charge is -2.37. The second-order valence-corrected chi connectivity index (χ2v) is 11.0. The monoisotopic (exact) mass is 501 g/mol. The molecule has 0 amide bonds. The van der Waals surface area contributed by atoms with Gasteiger partial charge in [0.15, 0.2) is 0 Å². The van der Waals surface area contributed by atoms with Gasteiger partial charge in [0.25, 0.3) is 0 Å². The summed E-state index contributed by atoms with van der Waals surface area (Å²) in [5.74, 6) is -0.998. The van der Waals surface area contributed by atoms with Crippen molar-refractivity contribution >= 4 is 0 Å². The first-order valence-corrected chi connectivity index (χ1v) is 12.7. The van der Waals surface area contributed by atoms with Crippen LogP contribution in [-0.4, -0.2) is 36.7 Å². The van der Waals surface area contributed by atoms with Crippen LogP contribution >= 0.6 is 0 Å². The van der Waals surface area contributed by atoms with Gasteiger partial charge < -0.3 is 5.11 Å². The van der Waals surface area contributed by atoms with Crippen molar-refractivity contribution in [2.24, 2.45) is 11.3 Å². The molecule has 0 aliphatic heterocycles. The zero-order chi connectivity index (χ0) is 25.9. The van der Waals surface area contributed by atoms with Gasteiger partial charge in [0.2, 0.25) is 0 Å². The van der Waals surface area contributed by atoms with Gasteiger partial charge in [-0.15, -0.1) is 5.10 Å². The third-order valence-electron chi connectivity index (χ3n) is 8.53. The van der Waals surface area contributed by atoms with Crippen molar-refractivity contribution in [1.29, 1.82) is 0 Å². The van der Waals surface area contributed by atoms with E-state index in [0.717, 1.165) is 41.1 Å². The number of aliphatic hydroxyl groups is 1. The van der Waals surface area contributed by atoms with Gasteiger partial charge in [0, 0.05) is 24.9 Å². The number of hydrogen-bond acceptors (Lipinski definition) is 5. The quantitative estimate of drug-likeness (QED) is 0.377. The van der Waals surface area contributed by atoms with Gasteiger partial charge in [-0.3, -0.25) is 9.67 Å². The van der Waals surface area contributed by atoms with E-state index in [9.17, 15) is 13.9 Å². The maximum atomic E-state index is 14.5. The molecule has 6 rings (SSSR count). The minimum atomic E-state index is -0.644. The fourth-order valence-corrected chi connectivity index (χ4v) is 6.56. The zero-order valence-electron chi connectivity index (χ0n) is 21.1. The van der Waals surface area contributed by atoms with Crippen molar-refractivity contribution in [2.45, 2.75) is 51.5 Å². The van der Waals surface area contributed by atoms with E-state index < -0.39 is 17.0 Å². The number of nitrogens with zero attached hydrogens (tertiary/aromatic N) is 5. The highest BCUT2D eigenvalue weighted by Crippen LogP contribution is 2.69. The summed E-state index contributed by atoms with van der Waals surface area (Å²) in [6.45, 7) is 7.18. The first kappa shape index (κ1) is 23.9. The molecule has 0 radical (unpaired) electrons. The van der Waals surface area contributed by atoms with Crippen LogP contribution in [0.2, 0.25) is 0 Å². The molecule has 1 N–H and O–H groups in total. The Kier molecular flexibility index (Phi) is 5.49. The molecule has 37 heavy (non-hydrogen) atoms. The summed E-state index contributed by atoms with van der Waals surface area (Å²) in [6, 6.07) is 11.7. The van der Waals surface area contributed by atoms with E-state index in [1.165, 1.54) is 18.2 Å². The molecule has 2 bridgehead atoms. The second kappa shape index (κ2) is 8.52. The van der Waals surface area contributed by atoms with Crippen molar-refractivity contribution in [3.8, 4) is 22.5 Å². The lowest BCUT2D eigenvalue weighted by molar-refractivity contribution is 0.219. The molecular weight excluding hydrogens is 472 g/mol. The third kappa shape index (κ3) is 3.45. The summed E-state index contributed by atoms with van der Waals surface area (Å²) in [6.07, 6.45) is 5.57. The van der Waals surface area contributed by atoms with Crippen molar-refractivity contribution in [1.82, 2.24) is 25.0 Å². The van der Waals surface area contributed by atoms with Crippen LogP contribution in [0.4, 0.5) is 8.78 Å². The number of aromatic nitrogens is 5. The fraction of sp³-hybridized carbons (Fsp3) is 0.379. The molecule has 8 heteroatoms. The Morgan fingerprint density at radius 2 is 1.84 bits per heavy atom. The summed E-state index contributed by atoms with van der Waals surface area (Å²) < 4.78 is 30.9. The molecule has 4 aromatic rings. The summed E-state index contributed by atoms with van der Waals surface area (Å²) in [5, 5.41) is 22.8. The van der Waals surface area contributed by atoms with Gasteiger partial charge in [0.05, 0.1) is 40.0 Å². The summed E-state index contributed by atoms with van der Waals surface area (Å²) in [7, 11) is 0. The van der Waals surface area contributed by atoms with Gasteiger partial charge in [-0.2, -0.15) is 10.2 Å². The van der Waals surface area contributed by atoms with Crippen LogP contribution in [0.15, 0.2) is 54.9 Å². The van der Waals surface area contributed by atoms with Crippen molar-refractivity contribution in [2.75, 3.05) is 6.61 Å². The first-order chi connectivity index (χ1) is 17.8. The molecule has 3 aromatic heterocycles. The van der Waals surface area contributed by atoms with Gasteiger partial charge in [-0.05, 0) is 66.0 Å². The number of aliphatic hydroxyl groups excluding tert-OH is 1. The third-order valence-corrected chi connectivity index (χ3v) is 8.53. The van der Waals surface area contributed by atoms with E-state index in [-0.39, 0.29) is 35.1 Å². The van der Waals surface area contributed by atoms with Crippen LogP contribution in [0.5, 0.6) is 0 Å². The maximum absolute atomic E-state index is 14.5. The molecule has 1 fully saturated rings. The normalized spacial score (nSPS) is 22.3. The first-order valence-electron chi connectivity index (χ1n) is 12.7.